The van der Waals surface area contributed by atoms with Gasteiger partial charge in [-0.3, -0.25) is 20.4 Å². The topological polar surface area (TPSA) is 89.0 Å². The summed E-state index contributed by atoms with van der Waals surface area (Å²) in [5.41, 5.74) is 6.85. The highest BCUT2D eigenvalue weighted by Gasteiger charge is 2.07. The Bertz CT molecular complexity index is 740. The van der Waals surface area contributed by atoms with Gasteiger partial charge in [0.15, 0.2) is 6.61 Å². The molecular formula is C18H19N3O4. The number of benzene rings is 2. The summed E-state index contributed by atoms with van der Waals surface area (Å²) >= 11 is 0. The van der Waals surface area contributed by atoms with E-state index >= 15 is 0 Å². The van der Waals surface area contributed by atoms with E-state index in [4.69, 9.17) is 9.57 Å². The van der Waals surface area contributed by atoms with Crippen molar-refractivity contribution in [2.45, 2.75) is 6.92 Å². The number of rotatable bonds is 6. The van der Waals surface area contributed by atoms with Gasteiger partial charge in [-0.2, -0.15) is 0 Å². The Morgan fingerprint density at radius 2 is 1.72 bits per heavy atom. The molecule has 130 valence electrons. The zero-order valence-electron chi connectivity index (χ0n) is 14.0. The Hall–Kier alpha value is -3.35. The van der Waals surface area contributed by atoms with Crippen molar-refractivity contribution < 1.29 is 19.2 Å². The summed E-state index contributed by atoms with van der Waals surface area (Å²) in [6, 6.07) is 14.1. The van der Waals surface area contributed by atoms with Crippen LogP contribution in [0.1, 0.15) is 21.5 Å². The van der Waals surface area contributed by atoms with Crippen molar-refractivity contribution in [1.82, 2.24) is 10.9 Å². The molecule has 0 aliphatic heterocycles. The summed E-state index contributed by atoms with van der Waals surface area (Å²) in [4.78, 5) is 28.3. The van der Waals surface area contributed by atoms with Gasteiger partial charge in [0.25, 0.3) is 11.8 Å². The third-order valence-corrected chi connectivity index (χ3v) is 3.22. The number of hydrogen-bond donors (Lipinski definition) is 2. The van der Waals surface area contributed by atoms with Crippen LogP contribution >= 0.6 is 0 Å². The molecular weight excluding hydrogens is 322 g/mol. The fourth-order valence-corrected chi connectivity index (χ4v) is 1.82. The Morgan fingerprint density at radius 1 is 1.04 bits per heavy atom. The SMILES string of the molecule is COc1ccc(/C=N\OCC(=O)NNC(=O)c2ccc(C)cc2)cc1. The second-order valence-electron chi connectivity index (χ2n) is 5.15. The summed E-state index contributed by atoms with van der Waals surface area (Å²) < 4.78 is 5.05. The normalized spacial score (nSPS) is 10.3. The first-order chi connectivity index (χ1) is 12.1. The molecule has 0 saturated heterocycles. The summed E-state index contributed by atoms with van der Waals surface area (Å²) in [6.45, 7) is 1.61. The maximum atomic E-state index is 11.8. The third-order valence-electron chi connectivity index (χ3n) is 3.22. The van der Waals surface area contributed by atoms with Crippen molar-refractivity contribution in [2.24, 2.45) is 5.16 Å². The van der Waals surface area contributed by atoms with Gasteiger partial charge in [-0.05, 0) is 48.9 Å². The van der Waals surface area contributed by atoms with Gasteiger partial charge >= 0.3 is 0 Å². The van der Waals surface area contributed by atoms with Crippen molar-refractivity contribution in [3.05, 3.63) is 65.2 Å². The van der Waals surface area contributed by atoms with Crippen LogP contribution < -0.4 is 15.6 Å². The molecule has 25 heavy (non-hydrogen) atoms. The highest BCUT2D eigenvalue weighted by molar-refractivity contribution is 5.95. The zero-order chi connectivity index (χ0) is 18.1. The number of ether oxygens (including phenoxy) is 1. The van der Waals surface area contributed by atoms with E-state index in [-0.39, 0.29) is 6.61 Å². The van der Waals surface area contributed by atoms with Gasteiger partial charge in [0, 0.05) is 5.56 Å². The van der Waals surface area contributed by atoms with Gasteiger partial charge in [0.05, 0.1) is 13.3 Å². The van der Waals surface area contributed by atoms with Crippen LogP contribution in [0.4, 0.5) is 0 Å². The van der Waals surface area contributed by atoms with E-state index in [0.717, 1.165) is 16.9 Å². The lowest BCUT2D eigenvalue weighted by Gasteiger charge is -2.06. The number of nitrogens with zero attached hydrogens (tertiary/aromatic N) is 1. The summed E-state index contributed by atoms with van der Waals surface area (Å²) in [5, 5.41) is 3.69. The van der Waals surface area contributed by atoms with Crippen molar-refractivity contribution >= 4 is 18.0 Å². The molecule has 2 aromatic carbocycles. The molecule has 0 saturated carbocycles. The number of oxime groups is 1. The van der Waals surface area contributed by atoms with Crippen LogP contribution in [0, 0.1) is 6.92 Å². The van der Waals surface area contributed by atoms with Gasteiger partial charge in [0.2, 0.25) is 0 Å². The lowest BCUT2D eigenvalue weighted by Crippen LogP contribution is -2.43. The highest BCUT2D eigenvalue weighted by atomic mass is 16.6. The van der Waals surface area contributed by atoms with E-state index in [1.54, 1.807) is 43.5 Å². The molecule has 7 heteroatoms. The quantitative estimate of drug-likeness (QED) is 0.619. The smallest absolute Gasteiger partial charge is 0.279 e. The maximum absolute atomic E-state index is 11.8. The van der Waals surface area contributed by atoms with E-state index in [0.29, 0.717) is 5.56 Å². The molecule has 7 nitrogen and oxygen atoms in total. The first-order valence-corrected chi connectivity index (χ1v) is 7.54. The summed E-state index contributed by atoms with van der Waals surface area (Å²) in [7, 11) is 1.59. The van der Waals surface area contributed by atoms with E-state index in [9.17, 15) is 9.59 Å². The molecule has 0 radical (unpaired) electrons. The van der Waals surface area contributed by atoms with Gasteiger partial charge in [-0.25, -0.2) is 0 Å². The molecule has 0 heterocycles. The fraction of sp³-hybridized carbons (Fsp3) is 0.167. The number of aryl methyl sites for hydroxylation is 1. The predicted molar refractivity (Wildman–Crippen MR) is 93.3 cm³/mol. The first-order valence-electron chi connectivity index (χ1n) is 7.54. The second-order valence-corrected chi connectivity index (χ2v) is 5.15. The Labute approximate surface area is 145 Å². The monoisotopic (exact) mass is 341 g/mol. The van der Waals surface area contributed by atoms with Crippen LogP contribution in [0.25, 0.3) is 0 Å². The Balaban J connectivity index is 1.70. The third kappa shape index (κ3) is 5.98. The molecule has 2 aromatic rings. The lowest BCUT2D eigenvalue weighted by molar-refractivity contribution is -0.126. The number of amides is 2. The molecule has 0 unspecified atom stereocenters. The molecule has 2 rings (SSSR count). The maximum Gasteiger partial charge on any atom is 0.279 e. The fourth-order valence-electron chi connectivity index (χ4n) is 1.82. The molecule has 0 aromatic heterocycles. The average molecular weight is 341 g/mol. The lowest BCUT2D eigenvalue weighted by atomic mass is 10.1. The Kier molecular flexibility index (Phi) is 6.53. The molecule has 2 amide bonds. The molecule has 0 fully saturated rings. The van der Waals surface area contributed by atoms with Gasteiger partial charge in [-0.15, -0.1) is 0 Å². The number of nitrogens with one attached hydrogen (secondary N) is 2. The van der Waals surface area contributed by atoms with Crippen molar-refractivity contribution in [3.8, 4) is 5.75 Å². The van der Waals surface area contributed by atoms with E-state index in [2.05, 4.69) is 16.0 Å². The van der Waals surface area contributed by atoms with Crippen molar-refractivity contribution in [2.75, 3.05) is 13.7 Å². The van der Waals surface area contributed by atoms with Gasteiger partial charge in [0.1, 0.15) is 5.75 Å². The van der Waals surface area contributed by atoms with Crippen molar-refractivity contribution in [1.29, 1.82) is 0 Å². The van der Waals surface area contributed by atoms with Crippen LogP contribution in [-0.4, -0.2) is 31.7 Å². The predicted octanol–water partition coefficient (Wildman–Crippen LogP) is 1.82. The van der Waals surface area contributed by atoms with E-state index in [1.165, 1.54) is 6.21 Å². The zero-order valence-corrected chi connectivity index (χ0v) is 14.0. The molecule has 2 N–H and O–H groups in total. The van der Waals surface area contributed by atoms with E-state index in [1.807, 2.05) is 19.1 Å². The van der Waals surface area contributed by atoms with Gasteiger partial charge < -0.3 is 9.57 Å². The van der Waals surface area contributed by atoms with Gasteiger partial charge in [-0.1, -0.05) is 22.9 Å². The molecule has 0 bridgehead atoms. The number of carbonyl (C=O) groups excluding carboxylic acids is 2. The van der Waals surface area contributed by atoms with Crippen molar-refractivity contribution in [3.63, 3.8) is 0 Å². The average Bonchev–Trinajstić information content (AvgIpc) is 2.64. The molecule has 0 spiro atoms. The van der Waals surface area contributed by atoms with Crippen LogP contribution in [0.2, 0.25) is 0 Å². The Morgan fingerprint density at radius 3 is 2.36 bits per heavy atom. The number of methoxy groups -OCH3 is 1. The molecule has 0 aliphatic rings. The standard InChI is InChI=1S/C18H19N3O4/c1-13-3-7-15(8-4-13)18(23)21-20-17(22)12-25-19-11-14-5-9-16(24-2)10-6-14/h3-11H,12H2,1-2H3,(H,20,22)(H,21,23)/b19-11-. The number of hydrogen-bond acceptors (Lipinski definition) is 5. The van der Waals surface area contributed by atoms with Crippen LogP contribution in [-0.2, 0) is 9.63 Å². The first kappa shape index (κ1) is 18.0. The number of hydrazine groups is 1. The minimum Gasteiger partial charge on any atom is -0.497 e. The van der Waals surface area contributed by atoms with Crippen LogP contribution in [0.3, 0.4) is 0 Å². The second kappa shape index (κ2) is 9.07. The van der Waals surface area contributed by atoms with E-state index < -0.39 is 11.8 Å². The summed E-state index contributed by atoms with van der Waals surface area (Å²) in [5.74, 6) is -0.191. The molecule has 0 atom stereocenters. The minimum atomic E-state index is -0.521. The van der Waals surface area contributed by atoms with Crippen LogP contribution in [0.15, 0.2) is 53.7 Å². The molecule has 0 aliphatic carbocycles. The largest absolute Gasteiger partial charge is 0.497 e. The summed E-state index contributed by atoms with van der Waals surface area (Å²) in [6.07, 6.45) is 1.47. The number of carbonyl (C=O) groups is 2. The highest BCUT2D eigenvalue weighted by Crippen LogP contribution is 2.09. The minimum absolute atomic E-state index is 0.319. The van der Waals surface area contributed by atoms with Crippen LogP contribution in [0.5, 0.6) is 5.75 Å².